The SMILES string of the molecule is Nc1nccn2c([C@@H]3CCCN3CC3C=N3)nc(-c3ccc(C(=O)Nc4ccccn4)cc3)c12. The summed E-state index contributed by atoms with van der Waals surface area (Å²) in [4.78, 5) is 32.9. The zero-order valence-corrected chi connectivity index (χ0v) is 18.5. The number of hydrogen-bond donors (Lipinski definition) is 2. The first-order chi connectivity index (χ1) is 16.7. The minimum atomic E-state index is -0.217. The van der Waals surface area contributed by atoms with Crippen molar-refractivity contribution in [2.75, 3.05) is 24.1 Å². The lowest BCUT2D eigenvalue weighted by atomic mass is 10.1. The molecule has 9 nitrogen and oxygen atoms in total. The highest BCUT2D eigenvalue weighted by atomic mass is 16.1. The van der Waals surface area contributed by atoms with Gasteiger partial charge in [0.15, 0.2) is 0 Å². The van der Waals surface area contributed by atoms with Crippen molar-refractivity contribution in [1.82, 2.24) is 24.3 Å². The summed E-state index contributed by atoms with van der Waals surface area (Å²) in [5.74, 6) is 1.70. The maximum absolute atomic E-state index is 12.6. The second-order valence-electron chi connectivity index (χ2n) is 8.61. The monoisotopic (exact) mass is 452 g/mol. The molecule has 2 aliphatic rings. The van der Waals surface area contributed by atoms with Gasteiger partial charge in [0.2, 0.25) is 0 Å². The maximum Gasteiger partial charge on any atom is 0.256 e. The molecule has 0 saturated carbocycles. The van der Waals surface area contributed by atoms with Gasteiger partial charge in [-0.15, -0.1) is 0 Å². The van der Waals surface area contributed by atoms with E-state index in [1.54, 1.807) is 36.7 Å². The molecule has 0 radical (unpaired) electrons. The zero-order chi connectivity index (χ0) is 23.1. The number of nitrogens with zero attached hydrogens (tertiary/aromatic N) is 6. The second-order valence-corrected chi connectivity index (χ2v) is 8.61. The molecule has 0 bridgehead atoms. The number of carbonyl (C=O) groups excluding carboxylic acids is 1. The Morgan fingerprint density at radius 2 is 1.97 bits per heavy atom. The molecule has 0 spiro atoms. The first kappa shape index (κ1) is 20.5. The number of pyridine rings is 1. The van der Waals surface area contributed by atoms with Crippen LogP contribution in [0.5, 0.6) is 0 Å². The van der Waals surface area contributed by atoms with Gasteiger partial charge in [-0.1, -0.05) is 18.2 Å². The number of benzene rings is 1. The van der Waals surface area contributed by atoms with Gasteiger partial charge in [-0.25, -0.2) is 15.0 Å². The van der Waals surface area contributed by atoms with Gasteiger partial charge in [0, 0.05) is 42.5 Å². The van der Waals surface area contributed by atoms with Crippen LogP contribution in [0.1, 0.15) is 35.1 Å². The number of hydrogen-bond acceptors (Lipinski definition) is 7. The standard InChI is InChI=1S/C25H24N8O/c26-23-22-21(16-6-8-17(9-7-16)25(34)30-20-5-1-2-10-27-20)31-24(33(22)13-11-28-23)19-4-3-12-32(19)15-18-14-29-18/h1-2,5-11,13-14,18-19H,3-4,12,15H2,(H2,26,28)(H,27,30,34)/t18?,19-/m0/s1. The van der Waals surface area contributed by atoms with E-state index < -0.39 is 0 Å². The van der Waals surface area contributed by atoms with Crippen molar-refractivity contribution in [2.24, 2.45) is 4.99 Å². The first-order valence-corrected chi connectivity index (χ1v) is 11.4. The van der Waals surface area contributed by atoms with E-state index in [4.69, 9.17) is 10.7 Å². The predicted molar refractivity (Wildman–Crippen MR) is 131 cm³/mol. The summed E-state index contributed by atoms with van der Waals surface area (Å²) in [7, 11) is 0. The van der Waals surface area contributed by atoms with Gasteiger partial charge in [-0.2, -0.15) is 0 Å². The van der Waals surface area contributed by atoms with Gasteiger partial charge in [0.25, 0.3) is 5.91 Å². The number of rotatable bonds is 6. The summed E-state index contributed by atoms with van der Waals surface area (Å²) in [6.45, 7) is 1.96. The number of fused-ring (bicyclic) bond motifs is 1. The molecule has 1 aromatic carbocycles. The lowest BCUT2D eigenvalue weighted by molar-refractivity contribution is 0.102. The highest BCUT2D eigenvalue weighted by molar-refractivity contribution is 6.04. The molecule has 9 heteroatoms. The van der Waals surface area contributed by atoms with E-state index in [2.05, 4.69) is 29.6 Å². The quantitative estimate of drug-likeness (QED) is 0.464. The molecule has 4 aromatic rings. The Kier molecular flexibility index (Phi) is 5.03. The average molecular weight is 453 g/mol. The van der Waals surface area contributed by atoms with Crippen LogP contribution in [0.25, 0.3) is 16.8 Å². The molecule has 5 heterocycles. The third kappa shape index (κ3) is 3.80. The van der Waals surface area contributed by atoms with Crippen molar-refractivity contribution in [2.45, 2.75) is 24.9 Å². The second kappa shape index (κ2) is 8.35. The molecule has 0 aliphatic carbocycles. The van der Waals surface area contributed by atoms with Crippen molar-refractivity contribution in [1.29, 1.82) is 0 Å². The summed E-state index contributed by atoms with van der Waals surface area (Å²) >= 11 is 0. The van der Waals surface area contributed by atoms with Crippen LogP contribution in [-0.4, -0.2) is 55.5 Å². The number of nitrogen functional groups attached to an aromatic ring is 1. The predicted octanol–water partition coefficient (Wildman–Crippen LogP) is 3.22. The van der Waals surface area contributed by atoms with Crippen LogP contribution in [0.15, 0.2) is 66.0 Å². The Hall–Kier alpha value is -4.11. The molecule has 34 heavy (non-hydrogen) atoms. The lowest BCUT2D eigenvalue weighted by Gasteiger charge is -2.22. The van der Waals surface area contributed by atoms with Crippen molar-refractivity contribution >= 4 is 29.3 Å². The molecule has 1 amide bonds. The number of aliphatic imine (C=N–C) groups is 1. The number of amides is 1. The molecule has 170 valence electrons. The number of nitrogens with two attached hydrogens (primary N) is 1. The Balaban J connectivity index is 1.33. The Labute approximate surface area is 196 Å². The Morgan fingerprint density at radius 3 is 2.74 bits per heavy atom. The summed E-state index contributed by atoms with van der Waals surface area (Å²) in [6, 6.07) is 13.3. The van der Waals surface area contributed by atoms with E-state index in [0.29, 0.717) is 23.2 Å². The molecule has 2 aliphatic heterocycles. The number of anilines is 2. The van der Waals surface area contributed by atoms with E-state index in [-0.39, 0.29) is 11.9 Å². The molecule has 1 saturated heterocycles. The number of imidazole rings is 1. The van der Waals surface area contributed by atoms with Gasteiger partial charge in [0.1, 0.15) is 28.7 Å². The van der Waals surface area contributed by atoms with Crippen LogP contribution in [-0.2, 0) is 0 Å². The van der Waals surface area contributed by atoms with Crippen LogP contribution in [0.3, 0.4) is 0 Å². The summed E-state index contributed by atoms with van der Waals surface area (Å²) < 4.78 is 2.07. The fraction of sp³-hybridized carbons (Fsp3) is 0.240. The maximum atomic E-state index is 12.6. The Bertz CT molecular complexity index is 1370. The molecule has 3 aromatic heterocycles. The fourth-order valence-corrected chi connectivity index (χ4v) is 4.66. The number of nitrogens with one attached hydrogen (secondary N) is 1. The minimum Gasteiger partial charge on any atom is -0.382 e. The van der Waals surface area contributed by atoms with Gasteiger partial charge < -0.3 is 11.1 Å². The largest absolute Gasteiger partial charge is 0.382 e. The van der Waals surface area contributed by atoms with Crippen LogP contribution in [0.2, 0.25) is 0 Å². The highest BCUT2D eigenvalue weighted by Crippen LogP contribution is 2.36. The number of likely N-dealkylation sites (tertiary alicyclic amines) is 1. The molecule has 2 atom stereocenters. The van der Waals surface area contributed by atoms with Crippen LogP contribution < -0.4 is 11.1 Å². The van der Waals surface area contributed by atoms with E-state index in [1.165, 1.54) is 0 Å². The van der Waals surface area contributed by atoms with E-state index in [9.17, 15) is 4.79 Å². The molecule has 3 N–H and O–H groups in total. The normalized spacial score (nSPS) is 19.5. The minimum absolute atomic E-state index is 0.204. The summed E-state index contributed by atoms with van der Waals surface area (Å²) in [6.07, 6.45) is 9.45. The first-order valence-electron chi connectivity index (χ1n) is 11.4. The molecule has 6 rings (SSSR count). The third-order valence-corrected chi connectivity index (χ3v) is 6.38. The van der Waals surface area contributed by atoms with E-state index >= 15 is 0 Å². The third-order valence-electron chi connectivity index (χ3n) is 6.38. The number of carbonyl (C=O) groups is 1. The van der Waals surface area contributed by atoms with Crippen LogP contribution in [0, 0.1) is 0 Å². The van der Waals surface area contributed by atoms with Gasteiger partial charge in [-0.3, -0.25) is 19.1 Å². The van der Waals surface area contributed by atoms with Crippen LogP contribution >= 0.6 is 0 Å². The number of aromatic nitrogens is 4. The Morgan fingerprint density at radius 1 is 1.12 bits per heavy atom. The van der Waals surface area contributed by atoms with E-state index in [0.717, 1.165) is 48.5 Å². The molecular weight excluding hydrogens is 428 g/mol. The molecule has 1 unspecified atom stereocenters. The fourth-order valence-electron chi connectivity index (χ4n) is 4.66. The average Bonchev–Trinajstić information content (AvgIpc) is 3.41. The molecular formula is C25H24N8O. The zero-order valence-electron chi connectivity index (χ0n) is 18.5. The summed E-state index contributed by atoms with van der Waals surface area (Å²) in [5.41, 5.74) is 9.30. The van der Waals surface area contributed by atoms with Crippen molar-refractivity contribution in [3.05, 3.63) is 72.4 Å². The van der Waals surface area contributed by atoms with Crippen molar-refractivity contribution in [3.63, 3.8) is 0 Å². The highest BCUT2D eigenvalue weighted by Gasteiger charge is 2.33. The van der Waals surface area contributed by atoms with Crippen molar-refractivity contribution in [3.8, 4) is 11.3 Å². The van der Waals surface area contributed by atoms with Crippen molar-refractivity contribution < 1.29 is 4.79 Å². The van der Waals surface area contributed by atoms with Gasteiger partial charge in [0.05, 0.1) is 12.1 Å². The van der Waals surface area contributed by atoms with Crippen LogP contribution in [0.4, 0.5) is 11.6 Å². The van der Waals surface area contributed by atoms with Gasteiger partial charge >= 0.3 is 0 Å². The van der Waals surface area contributed by atoms with Gasteiger partial charge in [-0.05, 0) is 43.7 Å². The summed E-state index contributed by atoms with van der Waals surface area (Å²) in [5, 5.41) is 2.81. The topological polar surface area (TPSA) is 114 Å². The van der Waals surface area contributed by atoms with E-state index in [1.807, 2.05) is 30.6 Å². The molecule has 1 fully saturated rings. The lowest BCUT2D eigenvalue weighted by Crippen LogP contribution is -2.29. The smallest absolute Gasteiger partial charge is 0.256 e.